The summed E-state index contributed by atoms with van der Waals surface area (Å²) in [4.78, 5) is 34.1. The number of aryl methyl sites for hydroxylation is 1. The topological polar surface area (TPSA) is 60.7 Å². The van der Waals surface area contributed by atoms with Crippen LogP contribution in [0.25, 0.3) is 0 Å². The first kappa shape index (κ1) is 35.3. The number of rotatable bonds is 21. The minimum absolute atomic E-state index is 0.0322. The Morgan fingerprint density at radius 1 is 0.676 bits per heavy atom. The minimum atomic E-state index is -4.97. The molecule has 0 saturated heterocycles. The third-order valence-electron chi connectivity index (χ3n) is 7.20. The standard InChI is InChI=1S/C31H59O3PS2/c1-7-9-11-13-15-17-23-36-25-21-28-27(3)19-20-29(30(28)31(4,5)6)35(32,33,34)22-26-37-24-18-16-14-12-10-8-2/h19-20,32-34H,7-18,21-26H2,1-6H3. The average molecular weight is 575 g/mol. The van der Waals surface area contributed by atoms with Gasteiger partial charge in [-0.1, -0.05) is 13.3 Å². The third kappa shape index (κ3) is 13.9. The van der Waals surface area contributed by atoms with Gasteiger partial charge in [-0.05, 0) is 0 Å². The zero-order valence-corrected chi connectivity index (χ0v) is 27.5. The molecule has 0 aliphatic rings. The van der Waals surface area contributed by atoms with Gasteiger partial charge in [0.25, 0.3) is 0 Å². The number of hydrogen-bond donors (Lipinski definition) is 3. The van der Waals surface area contributed by atoms with Gasteiger partial charge in [-0.25, -0.2) is 0 Å². The van der Waals surface area contributed by atoms with E-state index in [0.717, 1.165) is 29.9 Å². The molecule has 3 nitrogen and oxygen atoms in total. The molecule has 0 saturated carbocycles. The molecule has 0 atom stereocenters. The van der Waals surface area contributed by atoms with E-state index < -0.39 is 7.28 Å². The normalized spacial score (nSPS) is 13.6. The molecular weight excluding hydrogens is 515 g/mol. The van der Waals surface area contributed by atoms with Crippen molar-refractivity contribution in [2.75, 3.05) is 29.2 Å². The summed E-state index contributed by atoms with van der Waals surface area (Å²) in [5.41, 5.74) is 3.02. The summed E-state index contributed by atoms with van der Waals surface area (Å²) in [6.45, 7) is 13.0. The van der Waals surface area contributed by atoms with Crippen LogP contribution in [-0.2, 0) is 11.8 Å². The second kappa shape index (κ2) is 17.8. The van der Waals surface area contributed by atoms with Gasteiger partial charge in [0.1, 0.15) is 0 Å². The van der Waals surface area contributed by atoms with E-state index in [2.05, 4.69) is 41.5 Å². The molecule has 3 N–H and O–H groups in total. The van der Waals surface area contributed by atoms with Gasteiger partial charge >= 0.3 is 226 Å². The molecule has 37 heavy (non-hydrogen) atoms. The van der Waals surface area contributed by atoms with Crippen LogP contribution in [0, 0.1) is 6.92 Å². The summed E-state index contributed by atoms with van der Waals surface area (Å²) in [6.07, 6.45) is 16.4. The second-order valence-corrected chi connectivity index (χ2v) is 17.6. The van der Waals surface area contributed by atoms with Gasteiger partial charge in [-0.3, -0.25) is 0 Å². The van der Waals surface area contributed by atoms with Gasteiger partial charge in [0, 0.05) is 0 Å². The zero-order valence-electron chi connectivity index (χ0n) is 25.0. The molecule has 6 heteroatoms. The molecule has 0 unspecified atom stereocenters. The Bertz CT molecular complexity index is 753. The second-order valence-electron chi connectivity index (χ2n) is 11.9. The maximum atomic E-state index is 11.4. The summed E-state index contributed by atoms with van der Waals surface area (Å²) in [6, 6.07) is 3.77. The van der Waals surface area contributed by atoms with Crippen molar-refractivity contribution in [1.29, 1.82) is 0 Å². The number of hydrogen-bond acceptors (Lipinski definition) is 5. The molecule has 0 aliphatic carbocycles. The molecule has 0 aliphatic heterocycles. The average Bonchev–Trinajstić information content (AvgIpc) is 2.81. The predicted molar refractivity (Wildman–Crippen MR) is 173 cm³/mol. The monoisotopic (exact) mass is 574 g/mol. The van der Waals surface area contributed by atoms with Crippen LogP contribution in [0.15, 0.2) is 12.1 Å². The Hall–Kier alpha value is 0.230. The van der Waals surface area contributed by atoms with Crippen molar-refractivity contribution in [1.82, 2.24) is 0 Å². The van der Waals surface area contributed by atoms with Crippen LogP contribution in [0.2, 0.25) is 0 Å². The quantitative estimate of drug-likeness (QED) is 0.101. The molecule has 0 spiro atoms. The first-order chi connectivity index (χ1) is 17.4. The fraction of sp³-hybridized carbons (Fsp3) is 0.806. The van der Waals surface area contributed by atoms with Gasteiger partial charge in [0.15, 0.2) is 0 Å². The summed E-state index contributed by atoms with van der Waals surface area (Å²) in [5.74, 6) is 3.79. The summed E-state index contributed by atoms with van der Waals surface area (Å²) in [7, 11) is -4.97. The SMILES string of the molecule is CCCCCCCCSCCc1c(C)ccc(P(O)(O)(O)CCSCCCCCCCC)c1C(C)(C)C. The molecular formula is C31H59O3PS2. The molecule has 0 amide bonds. The van der Waals surface area contributed by atoms with Gasteiger partial charge in [0.2, 0.25) is 0 Å². The van der Waals surface area contributed by atoms with E-state index in [1.165, 1.54) is 87.5 Å². The van der Waals surface area contributed by atoms with Crippen molar-refractivity contribution in [3.63, 3.8) is 0 Å². The van der Waals surface area contributed by atoms with Crippen molar-refractivity contribution < 1.29 is 14.7 Å². The maximum absolute atomic E-state index is 11.4. The molecule has 0 heterocycles. The van der Waals surface area contributed by atoms with E-state index in [-0.39, 0.29) is 11.6 Å². The van der Waals surface area contributed by atoms with Gasteiger partial charge < -0.3 is 0 Å². The van der Waals surface area contributed by atoms with E-state index in [9.17, 15) is 14.7 Å². The molecule has 1 aromatic rings. The van der Waals surface area contributed by atoms with E-state index in [4.69, 9.17) is 0 Å². The molecule has 0 bridgehead atoms. The molecule has 1 rings (SSSR count). The molecule has 0 aromatic heterocycles. The van der Waals surface area contributed by atoms with Crippen molar-refractivity contribution in [2.24, 2.45) is 0 Å². The van der Waals surface area contributed by atoms with Crippen LogP contribution in [0.1, 0.15) is 128 Å². The van der Waals surface area contributed by atoms with Crippen molar-refractivity contribution in [2.45, 2.75) is 130 Å². The Balaban J connectivity index is 2.78. The van der Waals surface area contributed by atoms with E-state index in [0.29, 0.717) is 11.1 Å². The fourth-order valence-corrected chi connectivity index (χ4v) is 9.96. The third-order valence-corrected chi connectivity index (χ3v) is 12.0. The summed E-state index contributed by atoms with van der Waals surface area (Å²) >= 11 is 3.73. The van der Waals surface area contributed by atoms with Crippen LogP contribution in [-0.4, -0.2) is 43.9 Å². The molecule has 218 valence electrons. The Labute approximate surface area is 238 Å². The van der Waals surface area contributed by atoms with Crippen molar-refractivity contribution in [3.05, 3.63) is 28.8 Å². The summed E-state index contributed by atoms with van der Waals surface area (Å²) < 4.78 is 0. The molecule has 0 radical (unpaired) electrons. The first-order valence-electron chi connectivity index (χ1n) is 15.0. The first-order valence-corrected chi connectivity index (χ1v) is 19.6. The number of unbranched alkanes of at least 4 members (excludes halogenated alkanes) is 10. The van der Waals surface area contributed by atoms with Crippen LogP contribution in [0.3, 0.4) is 0 Å². The van der Waals surface area contributed by atoms with Gasteiger partial charge in [0.05, 0.1) is 0 Å². The molecule has 0 fully saturated rings. The Morgan fingerprint density at radius 3 is 1.68 bits per heavy atom. The van der Waals surface area contributed by atoms with Crippen LogP contribution >= 0.6 is 30.8 Å². The number of thioether (sulfide) groups is 2. The van der Waals surface area contributed by atoms with E-state index >= 15 is 0 Å². The van der Waals surface area contributed by atoms with Crippen LogP contribution in [0.4, 0.5) is 0 Å². The van der Waals surface area contributed by atoms with Gasteiger partial charge in [-0.2, -0.15) is 0 Å². The zero-order chi connectivity index (χ0) is 27.8. The Kier molecular flexibility index (Phi) is 17.0. The molecule has 1 aromatic carbocycles. The van der Waals surface area contributed by atoms with Crippen molar-refractivity contribution in [3.8, 4) is 0 Å². The van der Waals surface area contributed by atoms with Gasteiger partial charge in [-0.15, -0.1) is 0 Å². The van der Waals surface area contributed by atoms with Crippen LogP contribution in [0.5, 0.6) is 0 Å². The van der Waals surface area contributed by atoms with Crippen LogP contribution < -0.4 is 5.30 Å². The van der Waals surface area contributed by atoms with E-state index in [1.54, 1.807) is 17.8 Å². The summed E-state index contributed by atoms with van der Waals surface area (Å²) in [5, 5.41) is 0.389. The fourth-order valence-electron chi connectivity index (χ4n) is 4.98. The number of benzene rings is 1. The van der Waals surface area contributed by atoms with Crippen molar-refractivity contribution >= 4 is 36.1 Å². The predicted octanol–water partition coefficient (Wildman–Crippen LogP) is 8.92. The van der Waals surface area contributed by atoms with E-state index in [1.807, 2.05) is 17.8 Å². The Morgan fingerprint density at radius 2 is 1.16 bits per heavy atom.